The van der Waals surface area contributed by atoms with Gasteiger partial charge in [0.15, 0.2) is 5.82 Å². The molecule has 0 radical (unpaired) electrons. The normalized spacial score (nSPS) is 11.1. The molecule has 0 saturated carbocycles. The van der Waals surface area contributed by atoms with Crippen LogP contribution in [-0.4, -0.2) is 33.7 Å². The number of rotatable bonds is 9. The molecular formula is C22H25N3O5. The van der Waals surface area contributed by atoms with Gasteiger partial charge in [-0.25, -0.2) is 4.79 Å². The Labute approximate surface area is 173 Å². The van der Waals surface area contributed by atoms with E-state index in [2.05, 4.69) is 9.97 Å². The average molecular weight is 411 g/mol. The molecule has 0 saturated heterocycles. The molecule has 158 valence electrons. The molecule has 2 heterocycles. The Hall–Kier alpha value is -3.42. The molecule has 2 aliphatic rings. The highest BCUT2D eigenvalue weighted by Gasteiger charge is 2.26. The third-order valence-corrected chi connectivity index (χ3v) is 4.76. The Morgan fingerprint density at radius 3 is 2.60 bits per heavy atom. The molecule has 0 atom stereocenters. The molecule has 8 heteroatoms. The number of ether oxygens (including phenoxy) is 2. The van der Waals surface area contributed by atoms with Crippen molar-refractivity contribution in [2.24, 2.45) is 7.05 Å². The fourth-order valence-electron chi connectivity index (χ4n) is 3.52. The minimum atomic E-state index is -0.693. The zero-order chi connectivity index (χ0) is 21.7. The molecule has 1 N–H and O–H groups in total. The van der Waals surface area contributed by atoms with Crippen LogP contribution >= 0.6 is 0 Å². The van der Waals surface area contributed by atoms with Gasteiger partial charge >= 0.3 is 5.69 Å². The standard InChI is InChI=1S/C22H25N3O5/c1-14(2)30-19-16(12-15-8-5-4-6-9-15)18-20(23-22(28)24-21(18)27)25(3)17(19)10-7-11-29-13-26/h4-6,8-9,13-14H,7,10-12H2,1-3H3,(H,24,27,28). The number of pyridine rings is 1. The molecule has 3 rings (SSSR count). The fourth-order valence-corrected chi connectivity index (χ4v) is 3.52. The van der Waals surface area contributed by atoms with Crippen LogP contribution in [0.25, 0.3) is 11.4 Å². The van der Waals surface area contributed by atoms with Gasteiger partial charge in [-0.05, 0) is 32.3 Å². The van der Waals surface area contributed by atoms with Crippen molar-refractivity contribution >= 4 is 6.47 Å². The van der Waals surface area contributed by atoms with E-state index in [4.69, 9.17) is 9.47 Å². The van der Waals surface area contributed by atoms with Crippen LogP contribution in [-0.2, 0) is 29.4 Å². The SMILES string of the molecule is CC(C)Oc1c(Cc2ccccc2)c2c(=O)[nH]c(=O)nc-2n(C)c1CCCOC=O. The number of nitrogens with zero attached hydrogens (tertiary/aromatic N) is 2. The summed E-state index contributed by atoms with van der Waals surface area (Å²) in [5.74, 6) is 0.901. The molecule has 30 heavy (non-hydrogen) atoms. The van der Waals surface area contributed by atoms with Crippen molar-refractivity contribution < 1.29 is 14.3 Å². The van der Waals surface area contributed by atoms with Gasteiger partial charge in [0, 0.05) is 19.0 Å². The number of carbonyl (C=O) groups excluding carboxylic acids is 1. The largest absolute Gasteiger partial charge is 0.489 e. The van der Waals surface area contributed by atoms with Gasteiger partial charge in [0.1, 0.15) is 5.75 Å². The van der Waals surface area contributed by atoms with Crippen molar-refractivity contribution in [2.75, 3.05) is 6.61 Å². The smallest absolute Gasteiger partial charge is 0.349 e. The predicted molar refractivity (Wildman–Crippen MR) is 112 cm³/mol. The molecular weight excluding hydrogens is 386 g/mol. The summed E-state index contributed by atoms with van der Waals surface area (Å²) in [5, 5.41) is 0. The first-order chi connectivity index (χ1) is 14.4. The van der Waals surface area contributed by atoms with E-state index in [1.54, 1.807) is 11.6 Å². The molecule has 8 nitrogen and oxygen atoms in total. The van der Waals surface area contributed by atoms with E-state index in [-0.39, 0.29) is 12.7 Å². The minimum absolute atomic E-state index is 0.132. The lowest BCUT2D eigenvalue weighted by atomic mass is 9.96. The van der Waals surface area contributed by atoms with E-state index in [1.807, 2.05) is 44.2 Å². The van der Waals surface area contributed by atoms with Crippen molar-refractivity contribution in [1.82, 2.24) is 14.5 Å². The molecule has 0 fully saturated rings. The van der Waals surface area contributed by atoms with Crippen molar-refractivity contribution in [3.05, 3.63) is 68.0 Å². The van der Waals surface area contributed by atoms with Crippen LogP contribution in [0, 0.1) is 0 Å². The quantitative estimate of drug-likeness (QED) is 0.427. The number of aromatic nitrogens is 3. The predicted octanol–water partition coefficient (Wildman–Crippen LogP) is 2.06. The van der Waals surface area contributed by atoms with E-state index in [0.717, 1.165) is 11.3 Å². The first kappa shape index (κ1) is 21.3. The van der Waals surface area contributed by atoms with E-state index in [1.165, 1.54) is 0 Å². The van der Waals surface area contributed by atoms with E-state index >= 15 is 0 Å². The van der Waals surface area contributed by atoms with Crippen LogP contribution in [0.3, 0.4) is 0 Å². The Bertz CT molecular complexity index is 1100. The maximum Gasteiger partial charge on any atom is 0.349 e. The molecule has 0 aromatic heterocycles. The van der Waals surface area contributed by atoms with Crippen molar-refractivity contribution in [3.63, 3.8) is 0 Å². The summed E-state index contributed by atoms with van der Waals surface area (Å²) in [6, 6.07) is 9.73. The summed E-state index contributed by atoms with van der Waals surface area (Å²) in [6.07, 6.45) is 1.39. The lowest BCUT2D eigenvalue weighted by Crippen LogP contribution is -2.30. The Kier molecular flexibility index (Phi) is 6.66. The highest BCUT2D eigenvalue weighted by atomic mass is 16.5. The van der Waals surface area contributed by atoms with Crippen LogP contribution < -0.4 is 16.0 Å². The van der Waals surface area contributed by atoms with Crippen molar-refractivity contribution in [1.29, 1.82) is 0 Å². The van der Waals surface area contributed by atoms with Gasteiger partial charge in [-0.15, -0.1) is 0 Å². The Morgan fingerprint density at radius 1 is 1.20 bits per heavy atom. The van der Waals surface area contributed by atoms with Crippen LogP contribution in [0.1, 0.15) is 37.1 Å². The van der Waals surface area contributed by atoms with Gasteiger partial charge < -0.3 is 14.0 Å². The van der Waals surface area contributed by atoms with Gasteiger partial charge in [0.25, 0.3) is 12.0 Å². The second kappa shape index (κ2) is 9.39. The van der Waals surface area contributed by atoms with E-state index < -0.39 is 11.2 Å². The lowest BCUT2D eigenvalue weighted by molar-refractivity contribution is -0.128. The summed E-state index contributed by atoms with van der Waals surface area (Å²) in [6.45, 7) is 4.50. The third kappa shape index (κ3) is 4.59. The number of benzene rings is 1. The van der Waals surface area contributed by atoms with Crippen LogP contribution in [0.15, 0.2) is 39.9 Å². The Morgan fingerprint density at radius 2 is 1.93 bits per heavy atom. The summed E-state index contributed by atoms with van der Waals surface area (Å²) in [7, 11) is 1.75. The molecule has 0 amide bonds. The van der Waals surface area contributed by atoms with Crippen molar-refractivity contribution in [2.45, 2.75) is 39.2 Å². The molecule has 0 spiro atoms. The zero-order valence-corrected chi connectivity index (χ0v) is 17.3. The number of carbonyl (C=O) groups is 1. The number of hydrogen-bond acceptors (Lipinski definition) is 6. The van der Waals surface area contributed by atoms with Crippen LogP contribution in [0.5, 0.6) is 5.75 Å². The third-order valence-electron chi connectivity index (χ3n) is 4.76. The molecule has 0 unspecified atom stereocenters. The maximum absolute atomic E-state index is 12.8. The fraction of sp³-hybridized carbons (Fsp3) is 0.364. The lowest BCUT2D eigenvalue weighted by Gasteiger charge is -2.25. The average Bonchev–Trinajstić information content (AvgIpc) is 2.70. The first-order valence-corrected chi connectivity index (χ1v) is 9.83. The first-order valence-electron chi connectivity index (χ1n) is 9.83. The molecule has 2 aliphatic heterocycles. The van der Waals surface area contributed by atoms with Gasteiger partial charge in [0.05, 0.1) is 24.0 Å². The molecule has 1 aromatic carbocycles. The second-order valence-corrected chi connectivity index (χ2v) is 7.28. The number of nitrogens with one attached hydrogen (secondary N) is 1. The topological polar surface area (TPSA) is 103 Å². The van der Waals surface area contributed by atoms with Gasteiger partial charge in [0.2, 0.25) is 0 Å². The highest BCUT2D eigenvalue weighted by molar-refractivity contribution is 5.67. The van der Waals surface area contributed by atoms with Crippen LogP contribution in [0.4, 0.5) is 0 Å². The van der Waals surface area contributed by atoms with Crippen molar-refractivity contribution in [3.8, 4) is 17.1 Å². The Balaban J connectivity index is 2.27. The maximum atomic E-state index is 12.8. The van der Waals surface area contributed by atoms with Gasteiger partial charge in [-0.3, -0.25) is 14.6 Å². The number of fused-ring (bicyclic) bond motifs is 1. The number of aromatic amines is 1. The van der Waals surface area contributed by atoms with E-state index in [0.29, 0.717) is 48.4 Å². The second-order valence-electron chi connectivity index (χ2n) is 7.28. The van der Waals surface area contributed by atoms with Gasteiger partial charge in [-0.2, -0.15) is 4.98 Å². The summed E-state index contributed by atoms with van der Waals surface area (Å²) < 4.78 is 12.7. The zero-order valence-electron chi connectivity index (χ0n) is 17.3. The van der Waals surface area contributed by atoms with Crippen LogP contribution in [0.2, 0.25) is 0 Å². The number of H-pyrrole nitrogens is 1. The number of hydrogen-bond donors (Lipinski definition) is 1. The van der Waals surface area contributed by atoms with Gasteiger partial charge in [-0.1, -0.05) is 30.3 Å². The molecule has 1 aromatic rings. The summed E-state index contributed by atoms with van der Waals surface area (Å²) in [4.78, 5) is 41.5. The monoisotopic (exact) mass is 411 g/mol. The molecule has 0 bridgehead atoms. The van der Waals surface area contributed by atoms with E-state index in [9.17, 15) is 14.4 Å². The summed E-state index contributed by atoms with van der Waals surface area (Å²) >= 11 is 0. The minimum Gasteiger partial charge on any atom is -0.489 e. The molecule has 0 aliphatic carbocycles. The summed E-state index contributed by atoms with van der Waals surface area (Å²) in [5.41, 5.74) is 1.63. The highest BCUT2D eigenvalue weighted by Crippen LogP contribution is 2.36.